The number of benzene rings is 1. The van der Waals surface area contributed by atoms with Gasteiger partial charge in [-0.2, -0.15) is 5.10 Å². The Morgan fingerprint density at radius 1 is 1.24 bits per heavy atom. The molecule has 1 aromatic carbocycles. The minimum atomic E-state index is -0.0568. The van der Waals surface area contributed by atoms with E-state index in [4.69, 9.17) is 0 Å². The molecule has 4 nitrogen and oxygen atoms in total. The second kappa shape index (κ2) is 5.58. The van der Waals surface area contributed by atoms with Crippen LogP contribution in [0.1, 0.15) is 35.2 Å². The van der Waals surface area contributed by atoms with Gasteiger partial charge in [0.25, 0.3) is 0 Å². The highest BCUT2D eigenvalue weighted by molar-refractivity contribution is 7.16. The lowest BCUT2D eigenvalue weighted by molar-refractivity contribution is 0.275. The van der Waals surface area contributed by atoms with Gasteiger partial charge in [0.1, 0.15) is 5.01 Å². The zero-order valence-electron chi connectivity index (χ0n) is 12.6. The summed E-state index contributed by atoms with van der Waals surface area (Å²) < 4.78 is 1.79. The molecule has 0 aliphatic carbocycles. The van der Waals surface area contributed by atoms with Gasteiger partial charge in [-0.15, -0.1) is 0 Å². The van der Waals surface area contributed by atoms with Crippen LogP contribution in [0.2, 0.25) is 0 Å². The van der Waals surface area contributed by atoms with Crippen molar-refractivity contribution in [2.24, 2.45) is 0 Å². The zero-order chi connectivity index (χ0) is 15.0. The first-order valence-electron chi connectivity index (χ1n) is 7.19. The molecule has 0 bridgehead atoms. The molecule has 0 radical (unpaired) electrons. The van der Waals surface area contributed by atoms with Gasteiger partial charge in [-0.05, 0) is 37.5 Å². The number of aliphatic hydroxyl groups is 1. The van der Waals surface area contributed by atoms with E-state index in [0.717, 1.165) is 39.8 Å². The third kappa shape index (κ3) is 2.47. The van der Waals surface area contributed by atoms with Crippen LogP contribution >= 0.6 is 11.3 Å². The molecule has 1 N–H and O–H groups in total. The van der Waals surface area contributed by atoms with Gasteiger partial charge in [-0.3, -0.25) is 0 Å². The Bertz CT molecular complexity index is 788. The molecule has 0 fully saturated rings. The van der Waals surface area contributed by atoms with Crippen LogP contribution in [0.5, 0.6) is 0 Å². The van der Waals surface area contributed by atoms with Crippen LogP contribution in [-0.2, 0) is 13.0 Å². The summed E-state index contributed by atoms with van der Waals surface area (Å²) in [6.07, 6.45) is 2.02. The lowest BCUT2D eigenvalue weighted by Gasteiger charge is -2.04. The number of aryl methyl sites for hydroxylation is 3. The molecule has 0 unspecified atom stereocenters. The Morgan fingerprint density at radius 2 is 2.05 bits per heavy atom. The maximum atomic E-state index is 9.73. The van der Waals surface area contributed by atoms with E-state index in [2.05, 4.69) is 49.1 Å². The highest BCUT2D eigenvalue weighted by Gasteiger charge is 2.17. The molecular weight excluding hydrogens is 282 g/mol. The van der Waals surface area contributed by atoms with Gasteiger partial charge in [-0.1, -0.05) is 30.4 Å². The molecule has 21 heavy (non-hydrogen) atoms. The van der Waals surface area contributed by atoms with Crippen LogP contribution in [0.15, 0.2) is 18.2 Å². The van der Waals surface area contributed by atoms with Gasteiger partial charge in [0.15, 0.2) is 0 Å². The van der Waals surface area contributed by atoms with E-state index in [9.17, 15) is 5.11 Å². The SMILES string of the molecule is CCCc1nn2c(CO)c(-c3ccc(C)c(C)c3)nc2s1. The summed E-state index contributed by atoms with van der Waals surface area (Å²) in [4.78, 5) is 5.54. The standard InChI is InChI=1S/C16H19N3OS/c1-4-5-14-18-19-13(9-20)15(17-16(19)21-14)12-7-6-10(2)11(3)8-12/h6-8,20H,4-5,9H2,1-3H3. The first kappa shape index (κ1) is 14.2. The fourth-order valence-corrected chi connectivity index (χ4v) is 3.42. The van der Waals surface area contributed by atoms with Crippen molar-refractivity contribution >= 4 is 16.3 Å². The normalized spacial score (nSPS) is 11.4. The maximum absolute atomic E-state index is 9.73. The minimum Gasteiger partial charge on any atom is -0.390 e. The van der Waals surface area contributed by atoms with Crippen molar-refractivity contribution in [1.29, 1.82) is 0 Å². The van der Waals surface area contributed by atoms with Gasteiger partial charge in [-0.25, -0.2) is 9.50 Å². The third-order valence-corrected chi connectivity index (χ3v) is 4.70. The molecule has 2 heterocycles. The second-order valence-corrected chi connectivity index (χ2v) is 6.34. The van der Waals surface area contributed by atoms with Crippen molar-refractivity contribution < 1.29 is 5.11 Å². The van der Waals surface area contributed by atoms with E-state index < -0.39 is 0 Å². The molecule has 0 amide bonds. The quantitative estimate of drug-likeness (QED) is 0.802. The maximum Gasteiger partial charge on any atom is 0.213 e. The molecule has 0 spiro atoms. The zero-order valence-corrected chi connectivity index (χ0v) is 13.4. The fourth-order valence-electron chi connectivity index (χ4n) is 2.41. The number of fused-ring (bicyclic) bond motifs is 1. The predicted molar refractivity (Wildman–Crippen MR) is 85.7 cm³/mol. The first-order chi connectivity index (χ1) is 10.1. The van der Waals surface area contributed by atoms with Crippen LogP contribution in [0.25, 0.3) is 16.2 Å². The molecule has 0 aliphatic rings. The van der Waals surface area contributed by atoms with Gasteiger partial charge in [0, 0.05) is 12.0 Å². The van der Waals surface area contributed by atoms with Gasteiger partial charge in [0.05, 0.1) is 18.0 Å². The summed E-state index contributed by atoms with van der Waals surface area (Å²) in [5.74, 6) is 0. The van der Waals surface area contributed by atoms with Crippen molar-refractivity contribution in [3.63, 3.8) is 0 Å². The molecule has 2 aromatic heterocycles. The molecule has 3 rings (SSSR count). The molecule has 0 saturated heterocycles. The highest BCUT2D eigenvalue weighted by atomic mass is 32.1. The Morgan fingerprint density at radius 3 is 2.71 bits per heavy atom. The number of hydrogen-bond acceptors (Lipinski definition) is 4. The summed E-state index contributed by atoms with van der Waals surface area (Å²) in [7, 11) is 0. The molecular formula is C16H19N3OS. The van der Waals surface area contributed by atoms with E-state index in [-0.39, 0.29) is 6.61 Å². The van der Waals surface area contributed by atoms with E-state index in [1.165, 1.54) is 11.1 Å². The highest BCUT2D eigenvalue weighted by Crippen LogP contribution is 2.28. The Hall–Kier alpha value is -1.72. The van der Waals surface area contributed by atoms with Crippen LogP contribution in [0.3, 0.4) is 0 Å². The Kier molecular flexibility index (Phi) is 3.78. The summed E-state index contributed by atoms with van der Waals surface area (Å²) >= 11 is 1.60. The minimum absolute atomic E-state index is 0.0568. The number of rotatable bonds is 4. The number of imidazole rings is 1. The average molecular weight is 301 g/mol. The molecule has 110 valence electrons. The average Bonchev–Trinajstić information content (AvgIpc) is 2.99. The fraction of sp³-hybridized carbons (Fsp3) is 0.375. The van der Waals surface area contributed by atoms with Crippen molar-refractivity contribution in [3.05, 3.63) is 40.0 Å². The lowest BCUT2D eigenvalue weighted by Crippen LogP contribution is -1.97. The van der Waals surface area contributed by atoms with Crippen molar-refractivity contribution in [1.82, 2.24) is 14.6 Å². The Balaban J connectivity index is 2.13. The molecule has 3 aromatic rings. The van der Waals surface area contributed by atoms with E-state index in [0.29, 0.717) is 0 Å². The van der Waals surface area contributed by atoms with Crippen molar-refractivity contribution in [2.75, 3.05) is 0 Å². The monoisotopic (exact) mass is 301 g/mol. The van der Waals surface area contributed by atoms with Gasteiger partial charge < -0.3 is 5.11 Å². The molecule has 5 heteroatoms. The summed E-state index contributed by atoms with van der Waals surface area (Å²) in [6.45, 7) is 6.26. The van der Waals surface area contributed by atoms with Crippen molar-refractivity contribution in [3.8, 4) is 11.3 Å². The van der Waals surface area contributed by atoms with E-state index >= 15 is 0 Å². The smallest absolute Gasteiger partial charge is 0.213 e. The largest absolute Gasteiger partial charge is 0.390 e. The van der Waals surface area contributed by atoms with Gasteiger partial charge >= 0.3 is 0 Å². The molecule has 0 atom stereocenters. The number of aromatic nitrogens is 3. The lowest BCUT2D eigenvalue weighted by atomic mass is 10.0. The topological polar surface area (TPSA) is 50.4 Å². The van der Waals surface area contributed by atoms with Gasteiger partial charge in [0.2, 0.25) is 4.96 Å². The van der Waals surface area contributed by atoms with Crippen LogP contribution < -0.4 is 0 Å². The van der Waals surface area contributed by atoms with Crippen LogP contribution in [0, 0.1) is 13.8 Å². The van der Waals surface area contributed by atoms with Crippen LogP contribution in [0.4, 0.5) is 0 Å². The second-order valence-electron chi connectivity index (χ2n) is 5.30. The summed E-state index contributed by atoms with van der Waals surface area (Å²) in [5, 5.41) is 15.4. The predicted octanol–water partition coefficient (Wildman–Crippen LogP) is 3.52. The molecule has 0 aliphatic heterocycles. The number of aliphatic hydroxyl groups excluding tert-OH is 1. The Labute approximate surface area is 128 Å². The number of hydrogen-bond donors (Lipinski definition) is 1. The van der Waals surface area contributed by atoms with E-state index in [1.54, 1.807) is 15.9 Å². The first-order valence-corrected chi connectivity index (χ1v) is 8.01. The van der Waals surface area contributed by atoms with E-state index in [1.807, 2.05) is 0 Å². The third-order valence-electron chi connectivity index (χ3n) is 3.73. The summed E-state index contributed by atoms with van der Waals surface area (Å²) in [5.41, 5.74) is 5.13. The summed E-state index contributed by atoms with van der Waals surface area (Å²) in [6, 6.07) is 6.27. The van der Waals surface area contributed by atoms with Crippen LogP contribution in [-0.4, -0.2) is 19.7 Å². The molecule has 0 saturated carbocycles. The number of nitrogens with zero attached hydrogens (tertiary/aromatic N) is 3. The van der Waals surface area contributed by atoms with Crippen molar-refractivity contribution in [2.45, 2.75) is 40.2 Å².